The summed E-state index contributed by atoms with van der Waals surface area (Å²) in [5, 5.41) is 2.84. The predicted octanol–water partition coefficient (Wildman–Crippen LogP) is 2.06. The molecule has 1 aliphatic rings. The van der Waals surface area contributed by atoms with Gasteiger partial charge in [-0.15, -0.1) is 0 Å². The maximum atomic E-state index is 12.0. The molecular formula is C18H21N3O3. The monoisotopic (exact) mass is 327 g/mol. The van der Waals surface area contributed by atoms with E-state index in [1.54, 1.807) is 25.6 Å². The fourth-order valence-electron chi connectivity index (χ4n) is 2.80. The summed E-state index contributed by atoms with van der Waals surface area (Å²) in [4.78, 5) is 20.5. The molecule has 0 fully saturated rings. The van der Waals surface area contributed by atoms with Crippen molar-refractivity contribution in [2.45, 2.75) is 32.2 Å². The zero-order chi connectivity index (χ0) is 16.8. The van der Waals surface area contributed by atoms with Gasteiger partial charge in [-0.2, -0.15) is 0 Å². The maximum Gasteiger partial charge on any atom is 0.258 e. The average Bonchev–Trinajstić information content (AvgIpc) is 2.64. The number of hydrogen-bond donors (Lipinski definition) is 1. The second-order valence-electron chi connectivity index (χ2n) is 5.71. The van der Waals surface area contributed by atoms with E-state index in [4.69, 9.17) is 9.47 Å². The number of aromatic nitrogens is 2. The first-order valence-electron chi connectivity index (χ1n) is 8.11. The summed E-state index contributed by atoms with van der Waals surface area (Å²) in [7, 11) is 1.56. The van der Waals surface area contributed by atoms with Crippen LogP contribution in [-0.2, 0) is 24.2 Å². The largest absolute Gasteiger partial charge is 0.483 e. The Morgan fingerprint density at radius 3 is 2.92 bits per heavy atom. The van der Waals surface area contributed by atoms with Crippen molar-refractivity contribution in [3.8, 4) is 11.6 Å². The number of methoxy groups -OCH3 is 1. The van der Waals surface area contributed by atoms with Gasteiger partial charge >= 0.3 is 0 Å². The second-order valence-corrected chi connectivity index (χ2v) is 5.71. The van der Waals surface area contributed by atoms with E-state index in [2.05, 4.69) is 15.3 Å². The molecule has 0 spiro atoms. The van der Waals surface area contributed by atoms with Crippen molar-refractivity contribution in [3.05, 3.63) is 47.4 Å². The average molecular weight is 327 g/mol. The molecule has 3 rings (SSSR count). The van der Waals surface area contributed by atoms with Crippen molar-refractivity contribution in [2.75, 3.05) is 13.7 Å². The van der Waals surface area contributed by atoms with E-state index < -0.39 is 0 Å². The van der Waals surface area contributed by atoms with Gasteiger partial charge < -0.3 is 14.8 Å². The normalized spacial score (nSPS) is 13.0. The highest BCUT2D eigenvalue weighted by Crippen LogP contribution is 2.27. The molecule has 0 atom stereocenters. The van der Waals surface area contributed by atoms with Gasteiger partial charge in [-0.25, -0.2) is 4.98 Å². The van der Waals surface area contributed by atoms with Crippen LogP contribution in [0.3, 0.4) is 0 Å². The number of aryl methyl sites for hydroxylation is 1. The summed E-state index contributed by atoms with van der Waals surface area (Å²) in [5.74, 6) is 1.15. The molecule has 1 aliphatic carbocycles. The number of ether oxygens (including phenoxy) is 2. The minimum absolute atomic E-state index is 0.00132. The smallest absolute Gasteiger partial charge is 0.258 e. The number of hydrogen-bond acceptors (Lipinski definition) is 5. The molecule has 1 amide bonds. The van der Waals surface area contributed by atoms with Crippen molar-refractivity contribution in [3.63, 3.8) is 0 Å². The van der Waals surface area contributed by atoms with Crippen LogP contribution in [0.1, 0.15) is 29.7 Å². The third kappa shape index (κ3) is 4.01. The molecule has 2 heterocycles. The van der Waals surface area contributed by atoms with Crippen molar-refractivity contribution < 1.29 is 14.3 Å². The number of pyridine rings is 2. The molecule has 2 aromatic heterocycles. The molecule has 24 heavy (non-hydrogen) atoms. The molecule has 0 aromatic carbocycles. The summed E-state index contributed by atoms with van der Waals surface area (Å²) < 4.78 is 10.8. The number of amides is 1. The lowest BCUT2D eigenvalue weighted by atomic mass is 9.95. The number of rotatable bonds is 6. The standard InChI is InChI=1S/C18H21N3O3/c1-23-18-10-13(6-8-20-18)11-21-17(22)12-24-16-7-9-19-15-5-3-2-4-14(15)16/h6-10H,2-5,11-12H2,1H3,(H,21,22). The fraction of sp³-hybridized carbons (Fsp3) is 0.389. The molecule has 0 unspecified atom stereocenters. The summed E-state index contributed by atoms with van der Waals surface area (Å²) in [6.45, 7) is 0.411. The Morgan fingerprint density at radius 2 is 2.04 bits per heavy atom. The number of nitrogens with one attached hydrogen (secondary N) is 1. The van der Waals surface area contributed by atoms with Gasteiger partial charge in [0, 0.05) is 36.3 Å². The first-order valence-corrected chi connectivity index (χ1v) is 8.11. The molecule has 126 valence electrons. The van der Waals surface area contributed by atoms with E-state index in [0.717, 1.165) is 41.8 Å². The first kappa shape index (κ1) is 16.2. The van der Waals surface area contributed by atoms with Crippen molar-refractivity contribution in [1.82, 2.24) is 15.3 Å². The van der Waals surface area contributed by atoms with Crippen LogP contribution in [0.15, 0.2) is 30.6 Å². The third-order valence-corrected chi connectivity index (χ3v) is 4.05. The third-order valence-electron chi connectivity index (χ3n) is 4.05. The molecular weight excluding hydrogens is 306 g/mol. The highest BCUT2D eigenvalue weighted by atomic mass is 16.5. The molecule has 2 aromatic rings. The van der Waals surface area contributed by atoms with Crippen molar-refractivity contribution in [1.29, 1.82) is 0 Å². The Morgan fingerprint density at radius 1 is 1.21 bits per heavy atom. The number of fused-ring (bicyclic) bond motifs is 1. The van der Waals surface area contributed by atoms with E-state index >= 15 is 0 Å². The van der Waals surface area contributed by atoms with Gasteiger partial charge in [-0.1, -0.05) is 0 Å². The Kier molecular flexibility index (Phi) is 5.25. The second kappa shape index (κ2) is 7.77. The van der Waals surface area contributed by atoms with Crippen LogP contribution in [0.4, 0.5) is 0 Å². The topological polar surface area (TPSA) is 73.3 Å². The number of carbonyl (C=O) groups is 1. The summed E-state index contributed by atoms with van der Waals surface area (Å²) in [6, 6.07) is 5.47. The Hall–Kier alpha value is -2.63. The van der Waals surface area contributed by atoms with Gasteiger partial charge in [0.15, 0.2) is 6.61 Å². The van der Waals surface area contributed by atoms with Crippen LogP contribution in [0.25, 0.3) is 0 Å². The van der Waals surface area contributed by atoms with Gasteiger partial charge in [0.25, 0.3) is 5.91 Å². The zero-order valence-electron chi connectivity index (χ0n) is 13.7. The van der Waals surface area contributed by atoms with Gasteiger partial charge in [0.05, 0.1) is 7.11 Å². The van der Waals surface area contributed by atoms with E-state index in [-0.39, 0.29) is 12.5 Å². The molecule has 1 N–H and O–H groups in total. The van der Waals surface area contributed by atoms with Crippen LogP contribution in [0.2, 0.25) is 0 Å². The fourth-order valence-corrected chi connectivity index (χ4v) is 2.80. The predicted molar refractivity (Wildman–Crippen MR) is 89.0 cm³/mol. The molecule has 0 saturated carbocycles. The van der Waals surface area contributed by atoms with Crippen LogP contribution >= 0.6 is 0 Å². The number of carbonyl (C=O) groups excluding carboxylic acids is 1. The van der Waals surface area contributed by atoms with Crippen LogP contribution in [0, 0.1) is 0 Å². The zero-order valence-corrected chi connectivity index (χ0v) is 13.7. The van der Waals surface area contributed by atoms with E-state index in [0.29, 0.717) is 12.4 Å². The summed E-state index contributed by atoms with van der Waals surface area (Å²) in [5.41, 5.74) is 3.18. The van der Waals surface area contributed by atoms with Crippen LogP contribution in [0.5, 0.6) is 11.6 Å². The van der Waals surface area contributed by atoms with Crippen LogP contribution in [-0.4, -0.2) is 29.6 Å². The van der Waals surface area contributed by atoms with E-state index in [1.165, 1.54) is 6.42 Å². The lowest BCUT2D eigenvalue weighted by molar-refractivity contribution is -0.123. The summed E-state index contributed by atoms with van der Waals surface area (Å²) in [6.07, 6.45) is 7.67. The van der Waals surface area contributed by atoms with Crippen LogP contribution < -0.4 is 14.8 Å². The lowest BCUT2D eigenvalue weighted by Gasteiger charge is -2.18. The minimum Gasteiger partial charge on any atom is -0.483 e. The highest BCUT2D eigenvalue weighted by Gasteiger charge is 2.15. The molecule has 6 nitrogen and oxygen atoms in total. The quantitative estimate of drug-likeness (QED) is 0.879. The van der Waals surface area contributed by atoms with Gasteiger partial charge in [-0.05, 0) is 43.4 Å². The molecule has 0 radical (unpaired) electrons. The Balaban J connectivity index is 1.52. The lowest BCUT2D eigenvalue weighted by Crippen LogP contribution is -2.28. The number of nitrogens with zero attached hydrogens (tertiary/aromatic N) is 2. The highest BCUT2D eigenvalue weighted by molar-refractivity contribution is 5.77. The van der Waals surface area contributed by atoms with Crippen molar-refractivity contribution >= 4 is 5.91 Å². The van der Waals surface area contributed by atoms with E-state index in [9.17, 15) is 4.79 Å². The van der Waals surface area contributed by atoms with Gasteiger partial charge in [0.1, 0.15) is 5.75 Å². The molecule has 0 aliphatic heterocycles. The molecule has 0 bridgehead atoms. The Labute approximate surface area is 141 Å². The summed E-state index contributed by atoms with van der Waals surface area (Å²) >= 11 is 0. The molecule has 6 heteroatoms. The van der Waals surface area contributed by atoms with Crippen molar-refractivity contribution in [2.24, 2.45) is 0 Å². The SMILES string of the molecule is COc1cc(CNC(=O)COc2ccnc3c2CCCC3)ccn1. The maximum absolute atomic E-state index is 12.0. The van der Waals surface area contributed by atoms with E-state index in [1.807, 2.05) is 12.1 Å². The molecule has 0 saturated heterocycles. The minimum atomic E-state index is -0.160. The Bertz CT molecular complexity index is 718. The van der Waals surface area contributed by atoms with Gasteiger partial charge in [0.2, 0.25) is 5.88 Å². The van der Waals surface area contributed by atoms with Gasteiger partial charge in [-0.3, -0.25) is 9.78 Å². The first-order chi connectivity index (χ1) is 11.8.